The van der Waals surface area contributed by atoms with Gasteiger partial charge < -0.3 is 19.0 Å². The zero-order valence-corrected chi connectivity index (χ0v) is 19.7. The fraction of sp³-hybridized carbons (Fsp3) is 0.368. The second kappa shape index (κ2) is 9.33. The van der Waals surface area contributed by atoms with Crippen LogP contribution in [0.5, 0.6) is 5.75 Å². The second-order valence-corrected chi connectivity index (χ2v) is 10.2. The number of aromatic nitrogens is 1. The minimum Gasteiger partial charge on any atom is -0.489 e. The van der Waals surface area contributed by atoms with Gasteiger partial charge in [0.1, 0.15) is 29.1 Å². The Morgan fingerprint density at radius 2 is 2.20 bits per heavy atom. The maximum Gasteiger partial charge on any atom is 0.315 e. The Morgan fingerprint density at radius 1 is 1.43 bits per heavy atom. The molecule has 2 aliphatic rings. The average molecular weight is 535 g/mol. The molecule has 4 rings (SSSR count). The fourth-order valence-electron chi connectivity index (χ4n) is 3.28. The van der Waals surface area contributed by atoms with E-state index in [0.717, 1.165) is 46.1 Å². The molecule has 2 aliphatic heterocycles. The first-order valence-electron chi connectivity index (χ1n) is 9.24. The lowest BCUT2D eigenvalue weighted by molar-refractivity contribution is -0.133. The predicted molar refractivity (Wildman–Crippen MR) is 122 cm³/mol. The highest BCUT2D eigenvalue weighted by Crippen LogP contribution is 2.39. The first-order chi connectivity index (χ1) is 14.4. The summed E-state index contributed by atoms with van der Waals surface area (Å²) in [7, 11) is 0. The quantitative estimate of drug-likeness (QED) is 0.512. The van der Waals surface area contributed by atoms with E-state index in [0.29, 0.717) is 17.3 Å². The fourth-order valence-corrected chi connectivity index (χ4v) is 5.89. The van der Waals surface area contributed by atoms with Crippen LogP contribution in [0.25, 0.3) is 5.03 Å². The molecule has 0 spiro atoms. The van der Waals surface area contributed by atoms with Crippen LogP contribution in [-0.2, 0) is 11.3 Å². The number of nitrogens with zero attached hydrogens (tertiary/aromatic N) is 3. The van der Waals surface area contributed by atoms with Gasteiger partial charge in [-0.3, -0.25) is 4.79 Å². The predicted octanol–water partition coefficient (Wildman–Crippen LogP) is 5.18. The highest BCUT2D eigenvalue weighted by atomic mass is 79.9. The van der Waals surface area contributed by atoms with Gasteiger partial charge >= 0.3 is 5.97 Å². The van der Waals surface area contributed by atoms with Gasteiger partial charge in [-0.15, -0.1) is 0 Å². The number of carboxylic acids is 1. The van der Waals surface area contributed by atoms with E-state index in [1.807, 2.05) is 4.31 Å². The molecule has 1 aromatic heterocycles. The van der Waals surface area contributed by atoms with Crippen molar-refractivity contribution >= 4 is 66.9 Å². The van der Waals surface area contributed by atoms with E-state index in [1.54, 1.807) is 23.6 Å². The normalized spacial score (nSPS) is 17.0. The monoisotopic (exact) mass is 533 g/mol. The molecule has 2 aromatic rings. The van der Waals surface area contributed by atoms with Gasteiger partial charge in [-0.2, -0.15) is 0 Å². The van der Waals surface area contributed by atoms with Crippen LogP contribution < -0.4 is 9.64 Å². The van der Waals surface area contributed by atoms with Gasteiger partial charge in [-0.1, -0.05) is 22.9 Å². The third kappa shape index (κ3) is 5.04. The molecule has 0 atom stereocenters. The molecule has 1 aromatic carbocycles. The smallest absolute Gasteiger partial charge is 0.315 e. The summed E-state index contributed by atoms with van der Waals surface area (Å²) < 4.78 is 22.0. The molecule has 160 valence electrons. The summed E-state index contributed by atoms with van der Waals surface area (Å²) in [6.45, 7) is 2.14. The van der Waals surface area contributed by atoms with Crippen LogP contribution in [0.15, 0.2) is 28.9 Å². The Balaban J connectivity index is 1.37. The van der Waals surface area contributed by atoms with Crippen LogP contribution in [-0.4, -0.2) is 45.3 Å². The number of benzene rings is 1. The zero-order chi connectivity index (χ0) is 21.3. The van der Waals surface area contributed by atoms with E-state index in [-0.39, 0.29) is 17.7 Å². The van der Waals surface area contributed by atoms with Crippen LogP contribution in [0, 0.1) is 5.82 Å². The van der Waals surface area contributed by atoms with Gasteiger partial charge in [0, 0.05) is 38.2 Å². The zero-order valence-electron chi connectivity index (χ0n) is 15.7. The molecule has 0 radical (unpaired) electrons. The topological polar surface area (TPSA) is 65.9 Å². The molecule has 1 N–H and O–H groups in total. The number of piperidine rings is 1. The summed E-state index contributed by atoms with van der Waals surface area (Å²) >= 11 is 12.6. The van der Waals surface area contributed by atoms with Crippen LogP contribution in [0.4, 0.5) is 9.52 Å². The highest BCUT2D eigenvalue weighted by Gasteiger charge is 2.27. The number of carboxylic acid groups (broad SMARTS) is 1. The molecule has 11 heteroatoms. The SMILES string of the molecule is O=C(O)CSN1C=C(Cl)c2nc(N3CCC(Oc4cc(F)ccc4Br)CC3)sc2C1. The summed E-state index contributed by atoms with van der Waals surface area (Å²) in [5.74, 6) is -0.680. The van der Waals surface area contributed by atoms with Crippen LogP contribution in [0.2, 0.25) is 0 Å². The number of thiazole rings is 1. The molecule has 0 saturated carbocycles. The number of fused-ring (bicyclic) bond motifs is 1. The molecule has 0 unspecified atom stereocenters. The number of hydrogen-bond acceptors (Lipinski definition) is 7. The van der Waals surface area contributed by atoms with Crippen molar-refractivity contribution in [2.45, 2.75) is 25.5 Å². The van der Waals surface area contributed by atoms with Crippen LogP contribution in [0.3, 0.4) is 0 Å². The highest BCUT2D eigenvalue weighted by molar-refractivity contribution is 9.10. The lowest BCUT2D eigenvalue weighted by Crippen LogP contribution is -2.38. The number of hydrogen-bond donors (Lipinski definition) is 1. The molecule has 3 heterocycles. The Labute approximate surface area is 194 Å². The number of rotatable bonds is 6. The Kier molecular flexibility index (Phi) is 6.76. The minimum atomic E-state index is -0.865. The lowest BCUT2D eigenvalue weighted by atomic mass is 10.1. The molecule has 30 heavy (non-hydrogen) atoms. The lowest BCUT2D eigenvalue weighted by Gasteiger charge is -2.32. The summed E-state index contributed by atoms with van der Waals surface area (Å²) in [6, 6.07) is 4.44. The molecule has 1 saturated heterocycles. The Bertz CT molecular complexity index is 982. The van der Waals surface area contributed by atoms with E-state index in [2.05, 4.69) is 20.8 Å². The van der Waals surface area contributed by atoms with E-state index in [4.69, 9.17) is 26.4 Å². The van der Waals surface area contributed by atoms with E-state index in [9.17, 15) is 9.18 Å². The maximum atomic E-state index is 13.5. The first-order valence-corrected chi connectivity index (χ1v) is 12.2. The van der Waals surface area contributed by atoms with Gasteiger partial charge in [0.2, 0.25) is 0 Å². The molecule has 0 bridgehead atoms. The average Bonchev–Trinajstić information content (AvgIpc) is 3.14. The van der Waals surface area contributed by atoms with Crippen molar-refractivity contribution < 1.29 is 19.0 Å². The molecular formula is C19H18BrClFN3O3S2. The number of halogens is 3. The standard InChI is InChI=1S/C19H18BrClFN3O3S2/c20-13-2-1-11(22)7-15(13)28-12-3-5-24(6-4-12)19-23-18-14(21)8-25(9-16(18)30-19)29-10-17(26)27/h1-2,7-8,12H,3-6,9-10H2,(H,26,27). The molecule has 0 amide bonds. The summed E-state index contributed by atoms with van der Waals surface area (Å²) in [4.78, 5) is 18.8. The van der Waals surface area contributed by atoms with Gasteiger partial charge in [-0.25, -0.2) is 9.37 Å². The first kappa shape index (κ1) is 21.7. The van der Waals surface area contributed by atoms with Gasteiger partial charge in [0.05, 0.1) is 20.9 Å². The van der Waals surface area contributed by atoms with E-state index >= 15 is 0 Å². The van der Waals surface area contributed by atoms with E-state index in [1.165, 1.54) is 24.1 Å². The van der Waals surface area contributed by atoms with Crippen molar-refractivity contribution in [1.29, 1.82) is 0 Å². The number of carbonyl (C=O) groups is 1. The largest absolute Gasteiger partial charge is 0.489 e. The minimum absolute atomic E-state index is 0.0142. The van der Waals surface area contributed by atoms with E-state index < -0.39 is 5.97 Å². The molecular weight excluding hydrogens is 517 g/mol. The Morgan fingerprint density at radius 3 is 2.93 bits per heavy atom. The third-order valence-corrected chi connectivity index (χ3v) is 7.70. The van der Waals surface area contributed by atoms with Gasteiger partial charge in [-0.05, 0) is 40.0 Å². The van der Waals surface area contributed by atoms with Crippen molar-refractivity contribution in [2.24, 2.45) is 0 Å². The van der Waals surface area contributed by atoms with Crippen molar-refractivity contribution in [2.75, 3.05) is 23.7 Å². The van der Waals surface area contributed by atoms with Crippen LogP contribution in [0.1, 0.15) is 23.4 Å². The maximum absolute atomic E-state index is 13.5. The molecule has 0 aliphatic carbocycles. The summed E-state index contributed by atoms with van der Waals surface area (Å²) in [5, 5.41) is 10.3. The van der Waals surface area contributed by atoms with Gasteiger partial charge in [0.25, 0.3) is 0 Å². The third-order valence-electron chi connectivity index (χ3n) is 4.72. The molecule has 6 nitrogen and oxygen atoms in total. The van der Waals surface area contributed by atoms with Crippen molar-refractivity contribution in [3.8, 4) is 5.75 Å². The Hall–Kier alpha value is -1.49. The number of ether oxygens (including phenoxy) is 1. The summed E-state index contributed by atoms with van der Waals surface area (Å²) in [6.07, 6.45) is 3.35. The summed E-state index contributed by atoms with van der Waals surface area (Å²) in [5.41, 5.74) is 0.769. The second-order valence-electron chi connectivity index (χ2n) is 6.87. The van der Waals surface area contributed by atoms with Crippen molar-refractivity contribution in [3.05, 3.63) is 45.3 Å². The van der Waals surface area contributed by atoms with Crippen molar-refractivity contribution in [1.82, 2.24) is 9.29 Å². The van der Waals surface area contributed by atoms with Crippen molar-refractivity contribution in [3.63, 3.8) is 0 Å². The number of anilines is 1. The van der Waals surface area contributed by atoms with Gasteiger partial charge in [0.15, 0.2) is 5.13 Å². The number of aliphatic carboxylic acids is 1. The van der Waals surface area contributed by atoms with Crippen LogP contribution >= 0.6 is 50.8 Å². The molecule has 1 fully saturated rings.